The predicted octanol–water partition coefficient (Wildman–Crippen LogP) is 7.13. The van der Waals surface area contributed by atoms with E-state index in [2.05, 4.69) is 4.98 Å². The van der Waals surface area contributed by atoms with Gasteiger partial charge < -0.3 is 4.90 Å². The fourth-order valence-electron chi connectivity index (χ4n) is 3.14. The Morgan fingerprint density at radius 3 is 2.06 bits per heavy atom. The number of carbonyl (C=O) groups is 1. The van der Waals surface area contributed by atoms with Crippen LogP contribution < -0.4 is 0 Å². The van der Waals surface area contributed by atoms with E-state index in [1.54, 1.807) is 24.3 Å². The van der Waals surface area contributed by atoms with E-state index in [1.165, 1.54) is 25.5 Å². The molecule has 0 aliphatic heterocycles. The maximum Gasteiger partial charge on any atom is 0.416 e. The third kappa shape index (κ3) is 6.17. The van der Waals surface area contributed by atoms with Crippen LogP contribution in [0.15, 0.2) is 60.9 Å². The molecule has 3 aromatic rings. The molecular formula is C22H16Cl2F6N2O. The predicted molar refractivity (Wildman–Crippen MR) is 114 cm³/mol. The summed E-state index contributed by atoms with van der Waals surface area (Å²) in [5.74, 6) is -0.617. The van der Waals surface area contributed by atoms with Crippen molar-refractivity contribution in [3.8, 4) is 11.1 Å². The average molecular weight is 509 g/mol. The molecule has 0 aliphatic carbocycles. The largest absolute Gasteiger partial charge is 0.416 e. The molecule has 0 saturated heterocycles. The second-order valence-electron chi connectivity index (χ2n) is 6.98. The van der Waals surface area contributed by atoms with E-state index in [-0.39, 0.29) is 29.6 Å². The van der Waals surface area contributed by atoms with Crippen molar-refractivity contribution >= 4 is 29.9 Å². The molecule has 0 spiro atoms. The molecule has 33 heavy (non-hydrogen) atoms. The number of nitrogens with zero attached hydrogens (tertiary/aromatic N) is 2. The van der Waals surface area contributed by atoms with Crippen LogP contribution in [0.4, 0.5) is 26.3 Å². The second-order valence-corrected chi connectivity index (χ2v) is 7.38. The quantitative estimate of drug-likeness (QED) is 0.351. The van der Waals surface area contributed by atoms with Gasteiger partial charge in [-0.15, -0.1) is 12.4 Å². The summed E-state index contributed by atoms with van der Waals surface area (Å²) in [6.07, 6.45) is -7.18. The highest BCUT2D eigenvalue weighted by Crippen LogP contribution is 2.37. The summed E-state index contributed by atoms with van der Waals surface area (Å²) in [7, 11) is 1.28. The van der Waals surface area contributed by atoms with Crippen LogP contribution in [0.5, 0.6) is 0 Å². The molecule has 2 aromatic carbocycles. The fraction of sp³-hybridized carbons (Fsp3) is 0.182. The van der Waals surface area contributed by atoms with Crippen LogP contribution in [0.1, 0.15) is 27.0 Å². The fourth-order valence-corrected chi connectivity index (χ4v) is 3.37. The van der Waals surface area contributed by atoms with Gasteiger partial charge in [-0.25, -0.2) is 0 Å². The number of alkyl halides is 6. The van der Waals surface area contributed by atoms with Gasteiger partial charge >= 0.3 is 12.4 Å². The van der Waals surface area contributed by atoms with Crippen LogP contribution in [-0.4, -0.2) is 22.8 Å². The summed E-state index contributed by atoms with van der Waals surface area (Å²) in [4.78, 5) is 18.0. The summed E-state index contributed by atoms with van der Waals surface area (Å²) in [5.41, 5.74) is -2.14. The van der Waals surface area contributed by atoms with Crippen LogP contribution in [0, 0.1) is 0 Å². The van der Waals surface area contributed by atoms with Crippen molar-refractivity contribution in [2.75, 3.05) is 7.05 Å². The Bertz CT molecular complexity index is 1120. The van der Waals surface area contributed by atoms with Gasteiger partial charge in [0.2, 0.25) is 0 Å². The molecule has 1 amide bonds. The molecule has 0 N–H and O–H groups in total. The Morgan fingerprint density at radius 2 is 1.52 bits per heavy atom. The van der Waals surface area contributed by atoms with Crippen molar-refractivity contribution in [1.29, 1.82) is 0 Å². The average Bonchev–Trinajstić information content (AvgIpc) is 2.72. The first-order chi connectivity index (χ1) is 14.9. The van der Waals surface area contributed by atoms with Crippen LogP contribution in [0.3, 0.4) is 0 Å². The van der Waals surface area contributed by atoms with Gasteiger partial charge in [0.25, 0.3) is 5.91 Å². The van der Waals surface area contributed by atoms with E-state index in [4.69, 9.17) is 11.6 Å². The second kappa shape index (κ2) is 10.0. The van der Waals surface area contributed by atoms with Gasteiger partial charge in [0.1, 0.15) is 0 Å². The minimum atomic E-state index is -4.97. The van der Waals surface area contributed by atoms with Gasteiger partial charge in [-0.3, -0.25) is 9.78 Å². The van der Waals surface area contributed by atoms with Gasteiger partial charge in [-0.05, 0) is 35.9 Å². The Hall–Kier alpha value is -2.78. The zero-order chi connectivity index (χ0) is 23.7. The summed E-state index contributed by atoms with van der Waals surface area (Å²) in [6.45, 7) is -0.476. The van der Waals surface area contributed by atoms with Crippen molar-refractivity contribution in [1.82, 2.24) is 9.88 Å². The van der Waals surface area contributed by atoms with E-state index in [0.29, 0.717) is 28.3 Å². The monoisotopic (exact) mass is 508 g/mol. The van der Waals surface area contributed by atoms with Gasteiger partial charge in [-0.1, -0.05) is 29.8 Å². The number of hydrogen-bond donors (Lipinski definition) is 0. The first-order valence-electron chi connectivity index (χ1n) is 9.10. The van der Waals surface area contributed by atoms with E-state index in [1.807, 2.05) is 0 Å². The number of halogens is 8. The summed E-state index contributed by atoms with van der Waals surface area (Å²) >= 11 is 6.20. The summed E-state index contributed by atoms with van der Waals surface area (Å²) < 4.78 is 78.6. The normalized spacial score (nSPS) is 11.6. The lowest BCUT2D eigenvalue weighted by atomic mass is 10.0. The number of amides is 1. The van der Waals surface area contributed by atoms with Crippen LogP contribution in [0.25, 0.3) is 11.1 Å². The molecule has 3 nitrogen and oxygen atoms in total. The number of hydrogen-bond acceptors (Lipinski definition) is 2. The highest BCUT2D eigenvalue weighted by atomic mass is 35.5. The molecule has 0 atom stereocenters. The first kappa shape index (κ1) is 26.5. The number of carbonyl (C=O) groups excluding carboxylic acids is 1. The molecular weight excluding hydrogens is 493 g/mol. The SMILES string of the molecule is CN(Cc1cc(C(F)(F)F)cc(C(F)(F)F)c1)C(=O)c1ccncc1-c1ccccc1Cl.Cl. The molecule has 0 aliphatic rings. The molecule has 0 unspecified atom stereocenters. The lowest BCUT2D eigenvalue weighted by Gasteiger charge is -2.21. The highest BCUT2D eigenvalue weighted by Gasteiger charge is 2.37. The summed E-state index contributed by atoms with van der Waals surface area (Å²) in [5, 5.41) is 0.352. The van der Waals surface area contributed by atoms with Gasteiger partial charge in [0.05, 0.1) is 16.7 Å². The Morgan fingerprint density at radius 1 is 0.939 bits per heavy atom. The molecule has 1 heterocycles. The number of pyridine rings is 1. The third-order valence-electron chi connectivity index (χ3n) is 4.63. The lowest BCUT2D eigenvalue weighted by Crippen LogP contribution is -2.27. The molecule has 0 bridgehead atoms. The minimum absolute atomic E-state index is 0. The molecule has 11 heteroatoms. The molecule has 1 aromatic heterocycles. The van der Waals surface area contributed by atoms with Crippen molar-refractivity contribution in [3.05, 3.63) is 88.2 Å². The van der Waals surface area contributed by atoms with Crippen molar-refractivity contribution in [3.63, 3.8) is 0 Å². The minimum Gasteiger partial charge on any atom is -0.337 e. The molecule has 0 saturated carbocycles. The lowest BCUT2D eigenvalue weighted by molar-refractivity contribution is -0.143. The third-order valence-corrected chi connectivity index (χ3v) is 4.96. The first-order valence-corrected chi connectivity index (χ1v) is 9.48. The zero-order valence-corrected chi connectivity index (χ0v) is 18.4. The maximum atomic E-state index is 13.1. The van der Waals surface area contributed by atoms with Crippen LogP contribution >= 0.6 is 24.0 Å². The van der Waals surface area contributed by atoms with E-state index >= 15 is 0 Å². The molecule has 0 radical (unpaired) electrons. The molecule has 3 rings (SSSR count). The van der Waals surface area contributed by atoms with E-state index < -0.39 is 35.9 Å². The van der Waals surface area contributed by atoms with Crippen molar-refractivity contribution < 1.29 is 31.1 Å². The van der Waals surface area contributed by atoms with E-state index in [9.17, 15) is 31.1 Å². The number of benzene rings is 2. The Kier molecular flexibility index (Phi) is 8.03. The highest BCUT2D eigenvalue weighted by molar-refractivity contribution is 6.33. The standard InChI is InChI=1S/C22H15ClF6N2O.ClH/c1-31(12-13-8-14(21(24,25)26)10-15(9-13)22(27,28)29)20(32)17-6-7-30-11-18(17)16-4-2-3-5-19(16)23;/h2-11H,12H2,1H3;1H. The maximum absolute atomic E-state index is 13.1. The number of rotatable bonds is 4. The van der Waals surface area contributed by atoms with Crippen molar-refractivity contribution in [2.24, 2.45) is 0 Å². The summed E-state index contributed by atoms with van der Waals surface area (Å²) in [6, 6.07) is 9.33. The van der Waals surface area contributed by atoms with Gasteiger partial charge in [-0.2, -0.15) is 26.3 Å². The Labute approximate surface area is 196 Å². The Balaban J connectivity index is 0.00000385. The van der Waals surface area contributed by atoms with Gasteiger partial charge in [0, 0.05) is 42.1 Å². The molecule has 0 fully saturated rings. The van der Waals surface area contributed by atoms with E-state index in [0.717, 1.165) is 4.90 Å². The van der Waals surface area contributed by atoms with Crippen molar-refractivity contribution in [2.45, 2.75) is 18.9 Å². The molecule has 176 valence electrons. The smallest absolute Gasteiger partial charge is 0.337 e. The topological polar surface area (TPSA) is 33.2 Å². The zero-order valence-electron chi connectivity index (χ0n) is 16.8. The van der Waals surface area contributed by atoms with Crippen LogP contribution in [0.2, 0.25) is 5.02 Å². The van der Waals surface area contributed by atoms with Crippen LogP contribution in [-0.2, 0) is 18.9 Å². The number of aromatic nitrogens is 1. The van der Waals surface area contributed by atoms with Gasteiger partial charge in [0.15, 0.2) is 0 Å².